The van der Waals surface area contributed by atoms with Crippen LogP contribution in [0.15, 0.2) is 48.5 Å². The number of hydrogen-bond donors (Lipinski definition) is 2. The van der Waals surface area contributed by atoms with E-state index in [-0.39, 0.29) is 37.0 Å². The second-order valence-corrected chi connectivity index (χ2v) is 5.70. The van der Waals surface area contributed by atoms with Gasteiger partial charge in [-0.05, 0) is 48.4 Å². The summed E-state index contributed by atoms with van der Waals surface area (Å²) >= 11 is 5.91. The van der Waals surface area contributed by atoms with Crippen molar-refractivity contribution in [3.8, 4) is 5.75 Å². The Morgan fingerprint density at radius 2 is 2.00 bits per heavy atom. The van der Waals surface area contributed by atoms with Gasteiger partial charge in [-0.15, -0.1) is 0 Å². The maximum Gasteiger partial charge on any atom is 1.00 e. The van der Waals surface area contributed by atoms with E-state index in [0.29, 0.717) is 17.3 Å². The first-order valence-corrected chi connectivity index (χ1v) is 7.84. The molecule has 0 fully saturated rings. The molecule has 1 unspecified atom stereocenters. The van der Waals surface area contributed by atoms with Crippen LogP contribution >= 0.6 is 11.6 Å². The Morgan fingerprint density at radius 1 is 1.29 bits per heavy atom. The molecule has 2 N–H and O–H groups in total. The van der Waals surface area contributed by atoms with Crippen LogP contribution in [0.2, 0.25) is 5.02 Å². The van der Waals surface area contributed by atoms with Crippen molar-refractivity contribution in [2.45, 2.75) is 19.4 Å². The largest absolute Gasteiger partial charge is 1.00 e. The number of aliphatic hydroxyl groups is 1. The number of esters is 1. The number of aliphatic hydroxyl groups excluding tert-OH is 1. The quantitative estimate of drug-likeness (QED) is 0.323. The molecule has 0 radical (unpaired) electrons. The minimum Gasteiger partial charge on any atom is -1.00 e. The Bertz CT molecular complexity index is 655. The summed E-state index contributed by atoms with van der Waals surface area (Å²) < 4.78 is 4.99. The molecular formula is C18H21ClNNaO3. The Labute approximate surface area is 170 Å². The zero-order chi connectivity index (χ0) is 16.7. The monoisotopic (exact) mass is 357 g/mol. The van der Waals surface area contributed by atoms with Gasteiger partial charge in [0.25, 0.3) is 0 Å². The third kappa shape index (κ3) is 7.34. The molecule has 0 heterocycles. The second kappa shape index (κ2) is 10.9. The number of benzene rings is 2. The molecule has 0 aromatic heterocycles. The van der Waals surface area contributed by atoms with Crippen LogP contribution in [0.3, 0.4) is 0 Å². The summed E-state index contributed by atoms with van der Waals surface area (Å²) in [5, 5.41) is 13.9. The molecule has 0 aliphatic heterocycles. The minimum atomic E-state index is -0.583. The van der Waals surface area contributed by atoms with Gasteiger partial charge in [0.15, 0.2) is 0 Å². The molecule has 0 bridgehead atoms. The van der Waals surface area contributed by atoms with Crippen molar-refractivity contribution in [2.24, 2.45) is 0 Å². The van der Waals surface area contributed by atoms with E-state index < -0.39 is 6.10 Å². The molecule has 0 spiro atoms. The van der Waals surface area contributed by atoms with Gasteiger partial charge in [0.1, 0.15) is 5.75 Å². The van der Waals surface area contributed by atoms with Gasteiger partial charge in [-0.1, -0.05) is 35.9 Å². The molecule has 24 heavy (non-hydrogen) atoms. The Kier molecular flexibility index (Phi) is 9.59. The van der Waals surface area contributed by atoms with Gasteiger partial charge in [-0.2, -0.15) is 0 Å². The molecule has 2 aromatic carbocycles. The number of halogens is 1. The van der Waals surface area contributed by atoms with Crippen molar-refractivity contribution in [1.29, 1.82) is 0 Å². The molecule has 6 heteroatoms. The number of carbonyl (C=O) groups is 1. The molecule has 0 aliphatic rings. The van der Waals surface area contributed by atoms with Crippen LogP contribution in [0, 0.1) is 0 Å². The summed E-state index contributed by atoms with van der Waals surface area (Å²) in [6.07, 6.45) is 0.239. The van der Waals surface area contributed by atoms with Gasteiger partial charge in [0.05, 0.1) is 6.10 Å². The molecule has 0 aliphatic carbocycles. The van der Waals surface area contributed by atoms with Crippen LogP contribution in [0.1, 0.15) is 25.6 Å². The molecule has 2 rings (SSSR count). The van der Waals surface area contributed by atoms with Crippen molar-refractivity contribution in [2.75, 3.05) is 13.1 Å². The molecule has 0 saturated heterocycles. The summed E-state index contributed by atoms with van der Waals surface area (Å²) in [5.41, 5.74) is 1.93. The number of carbonyl (C=O) groups excluding carboxylic acids is 1. The molecule has 2 aromatic rings. The predicted molar refractivity (Wildman–Crippen MR) is 91.8 cm³/mol. The third-order valence-corrected chi connectivity index (χ3v) is 3.58. The van der Waals surface area contributed by atoms with Crippen molar-refractivity contribution in [3.05, 3.63) is 64.7 Å². The zero-order valence-electron chi connectivity index (χ0n) is 15.0. The van der Waals surface area contributed by atoms with Crippen LogP contribution in [0.25, 0.3) is 0 Å². The fourth-order valence-electron chi connectivity index (χ4n) is 2.19. The fraction of sp³-hybridized carbons (Fsp3) is 0.278. The third-order valence-electron chi connectivity index (χ3n) is 3.35. The molecule has 1 atom stereocenters. The average Bonchev–Trinajstić information content (AvgIpc) is 2.52. The summed E-state index contributed by atoms with van der Waals surface area (Å²) in [7, 11) is 0. The Balaban J connectivity index is 0.00000288. The SMILES string of the molecule is CC(=O)Oc1ccc(CCNCC(O)c2cccc(Cl)c2)cc1.[H-].[Na+]. The summed E-state index contributed by atoms with van der Waals surface area (Å²) in [4.78, 5) is 10.8. The Hall–Kier alpha value is -0.880. The topological polar surface area (TPSA) is 58.6 Å². The summed E-state index contributed by atoms with van der Waals surface area (Å²) in [6.45, 7) is 2.58. The van der Waals surface area contributed by atoms with Gasteiger partial charge in [-0.3, -0.25) is 4.79 Å². The van der Waals surface area contributed by atoms with Crippen molar-refractivity contribution < 1.29 is 45.6 Å². The minimum absolute atomic E-state index is 0. The summed E-state index contributed by atoms with van der Waals surface area (Å²) in [6, 6.07) is 14.6. The maximum absolute atomic E-state index is 10.8. The van der Waals surface area contributed by atoms with Crippen LogP contribution in [0.5, 0.6) is 5.75 Å². The van der Waals surface area contributed by atoms with Gasteiger partial charge >= 0.3 is 35.5 Å². The fourth-order valence-corrected chi connectivity index (χ4v) is 2.39. The van der Waals surface area contributed by atoms with E-state index >= 15 is 0 Å². The molecule has 0 saturated carbocycles. The van der Waals surface area contributed by atoms with E-state index in [1.165, 1.54) is 6.92 Å². The molecule has 0 amide bonds. The van der Waals surface area contributed by atoms with Gasteiger partial charge in [0.2, 0.25) is 0 Å². The first kappa shape index (κ1) is 21.2. The first-order valence-electron chi connectivity index (χ1n) is 7.46. The Morgan fingerprint density at radius 3 is 2.62 bits per heavy atom. The van der Waals surface area contributed by atoms with Crippen LogP contribution in [-0.4, -0.2) is 24.2 Å². The summed E-state index contributed by atoms with van der Waals surface area (Å²) in [5.74, 6) is 0.222. The van der Waals surface area contributed by atoms with E-state index in [4.69, 9.17) is 16.3 Å². The van der Waals surface area contributed by atoms with E-state index in [1.807, 2.05) is 24.3 Å². The smallest absolute Gasteiger partial charge is 1.00 e. The van der Waals surface area contributed by atoms with Gasteiger partial charge < -0.3 is 16.6 Å². The maximum atomic E-state index is 10.8. The van der Waals surface area contributed by atoms with Crippen LogP contribution in [-0.2, 0) is 11.2 Å². The predicted octanol–water partition coefficient (Wildman–Crippen LogP) is 0.248. The standard InChI is InChI=1S/C18H20ClNO3.Na.H/c1-13(21)23-17-7-5-14(6-8-17)9-10-20-12-18(22)15-3-2-4-16(19)11-15;;/h2-8,11,18,20,22H,9-10,12H2,1H3;;/q;+1;-1. The van der Waals surface area contributed by atoms with E-state index in [0.717, 1.165) is 24.1 Å². The van der Waals surface area contributed by atoms with Crippen molar-refractivity contribution >= 4 is 17.6 Å². The van der Waals surface area contributed by atoms with Gasteiger partial charge in [-0.25, -0.2) is 0 Å². The normalized spacial score (nSPS) is 11.5. The first-order chi connectivity index (χ1) is 11.0. The second-order valence-electron chi connectivity index (χ2n) is 5.26. The van der Waals surface area contributed by atoms with Crippen molar-refractivity contribution in [3.63, 3.8) is 0 Å². The molecule has 4 nitrogen and oxygen atoms in total. The van der Waals surface area contributed by atoms with Crippen LogP contribution in [0.4, 0.5) is 0 Å². The van der Waals surface area contributed by atoms with E-state index in [2.05, 4.69) is 5.32 Å². The molecule has 124 valence electrons. The number of rotatable bonds is 7. The van der Waals surface area contributed by atoms with Crippen molar-refractivity contribution in [1.82, 2.24) is 5.32 Å². The van der Waals surface area contributed by atoms with E-state index in [1.54, 1.807) is 24.3 Å². The average molecular weight is 358 g/mol. The van der Waals surface area contributed by atoms with E-state index in [9.17, 15) is 9.90 Å². The van der Waals surface area contributed by atoms with Crippen LogP contribution < -0.4 is 39.6 Å². The number of hydrogen-bond acceptors (Lipinski definition) is 4. The number of ether oxygens (including phenoxy) is 1. The zero-order valence-corrected chi connectivity index (χ0v) is 16.7. The van der Waals surface area contributed by atoms with Gasteiger partial charge in [0, 0.05) is 18.5 Å². The molecular weight excluding hydrogens is 337 g/mol. The number of nitrogens with one attached hydrogen (secondary N) is 1.